The van der Waals surface area contributed by atoms with E-state index in [0.717, 1.165) is 11.8 Å². The quantitative estimate of drug-likeness (QED) is 0.726. The molecule has 2 aromatic carbocycles. The van der Waals surface area contributed by atoms with Crippen molar-refractivity contribution < 1.29 is 21.6 Å². The fourth-order valence-corrected chi connectivity index (χ4v) is 4.43. The Balaban J connectivity index is 1.97. The van der Waals surface area contributed by atoms with Crippen LogP contribution in [0.4, 0.5) is 5.69 Å². The van der Waals surface area contributed by atoms with Gasteiger partial charge in [-0.25, -0.2) is 21.6 Å². The van der Waals surface area contributed by atoms with E-state index in [9.17, 15) is 21.6 Å². The van der Waals surface area contributed by atoms with E-state index in [2.05, 4.69) is 10.0 Å². The number of sulfonamides is 1. The van der Waals surface area contributed by atoms with Crippen LogP contribution in [0.15, 0.2) is 52.3 Å². The van der Waals surface area contributed by atoms with Gasteiger partial charge in [-0.05, 0) is 49.2 Å². The first-order chi connectivity index (χ1) is 12.5. The molecule has 0 saturated carbocycles. The number of aryl methyl sites for hydroxylation is 2. The maximum absolute atomic E-state index is 12.4. The summed E-state index contributed by atoms with van der Waals surface area (Å²) in [6.45, 7) is 3.43. The first kappa shape index (κ1) is 21.1. The Kier molecular flexibility index (Phi) is 6.40. The molecule has 0 saturated heterocycles. The number of sulfone groups is 1. The van der Waals surface area contributed by atoms with Crippen LogP contribution >= 0.6 is 0 Å². The smallest absolute Gasteiger partial charge is 0.240 e. The van der Waals surface area contributed by atoms with Crippen LogP contribution in [0.1, 0.15) is 17.5 Å². The number of carbonyl (C=O) groups excluding carboxylic acids is 1. The lowest BCUT2D eigenvalue weighted by Crippen LogP contribution is -2.28. The van der Waals surface area contributed by atoms with Gasteiger partial charge >= 0.3 is 0 Å². The predicted octanol–water partition coefficient (Wildman–Crippen LogP) is 2.01. The van der Waals surface area contributed by atoms with Crippen molar-refractivity contribution in [3.8, 4) is 0 Å². The number of amides is 1. The van der Waals surface area contributed by atoms with Crippen LogP contribution in [0, 0.1) is 13.8 Å². The molecule has 0 fully saturated rings. The molecular formula is C18H22N2O5S2. The van der Waals surface area contributed by atoms with Gasteiger partial charge in [0.05, 0.1) is 9.79 Å². The Morgan fingerprint density at radius 3 is 2.37 bits per heavy atom. The van der Waals surface area contributed by atoms with Crippen molar-refractivity contribution in [2.45, 2.75) is 30.1 Å². The van der Waals surface area contributed by atoms with Gasteiger partial charge in [-0.3, -0.25) is 4.79 Å². The molecule has 27 heavy (non-hydrogen) atoms. The summed E-state index contributed by atoms with van der Waals surface area (Å²) in [6.07, 6.45) is 0.989. The first-order valence-electron chi connectivity index (χ1n) is 8.16. The number of nitrogens with one attached hydrogen (secondary N) is 2. The van der Waals surface area contributed by atoms with E-state index in [1.165, 1.54) is 18.2 Å². The predicted molar refractivity (Wildman–Crippen MR) is 104 cm³/mol. The van der Waals surface area contributed by atoms with Crippen molar-refractivity contribution in [1.82, 2.24) is 4.72 Å². The molecule has 9 heteroatoms. The monoisotopic (exact) mass is 410 g/mol. The highest BCUT2D eigenvalue weighted by atomic mass is 32.2. The molecular weight excluding hydrogens is 388 g/mol. The number of hydrogen-bond acceptors (Lipinski definition) is 5. The molecule has 0 bridgehead atoms. The Bertz CT molecular complexity index is 1060. The molecule has 0 unspecified atom stereocenters. The third-order valence-corrected chi connectivity index (χ3v) is 6.54. The van der Waals surface area contributed by atoms with Crippen LogP contribution in [-0.2, 0) is 24.7 Å². The second-order valence-electron chi connectivity index (χ2n) is 6.26. The fourth-order valence-electron chi connectivity index (χ4n) is 2.40. The summed E-state index contributed by atoms with van der Waals surface area (Å²) in [6, 6.07) is 11.0. The average Bonchev–Trinajstić information content (AvgIpc) is 2.56. The summed E-state index contributed by atoms with van der Waals surface area (Å²) in [5.74, 6) is -0.427. The minimum absolute atomic E-state index is 0.0761. The molecule has 0 atom stereocenters. The zero-order chi connectivity index (χ0) is 20.2. The zero-order valence-corrected chi connectivity index (χ0v) is 16.9. The molecule has 1 amide bonds. The number of carbonyl (C=O) groups is 1. The number of hydrogen-bond donors (Lipinski definition) is 2. The number of benzene rings is 2. The van der Waals surface area contributed by atoms with E-state index in [1.54, 1.807) is 32.0 Å². The van der Waals surface area contributed by atoms with Crippen LogP contribution in [-0.4, -0.2) is 35.5 Å². The van der Waals surface area contributed by atoms with E-state index in [-0.39, 0.29) is 22.8 Å². The molecule has 2 rings (SSSR count). The molecule has 0 aliphatic rings. The second-order valence-corrected chi connectivity index (χ2v) is 10.0. The normalized spacial score (nSPS) is 12.0. The highest BCUT2D eigenvalue weighted by molar-refractivity contribution is 7.90. The summed E-state index contributed by atoms with van der Waals surface area (Å²) in [5, 5.41) is 2.56. The van der Waals surface area contributed by atoms with E-state index in [1.807, 2.05) is 6.07 Å². The van der Waals surface area contributed by atoms with Gasteiger partial charge in [0.15, 0.2) is 9.84 Å². The average molecular weight is 411 g/mol. The van der Waals surface area contributed by atoms with E-state index in [0.29, 0.717) is 11.3 Å². The third-order valence-electron chi connectivity index (χ3n) is 3.82. The largest absolute Gasteiger partial charge is 0.326 e. The highest BCUT2D eigenvalue weighted by Gasteiger charge is 2.17. The molecule has 2 aromatic rings. The van der Waals surface area contributed by atoms with Crippen molar-refractivity contribution in [2.75, 3.05) is 18.1 Å². The Hall–Kier alpha value is -2.23. The van der Waals surface area contributed by atoms with Crippen molar-refractivity contribution in [3.63, 3.8) is 0 Å². The molecule has 0 radical (unpaired) electrons. The molecule has 0 spiro atoms. The van der Waals surface area contributed by atoms with E-state index in [4.69, 9.17) is 0 Å². The Labute approximate surface area is 159 Å². The van der Waals surface area contributed by atoms with Gasteiger partial charge < -0.3 is 5.32 Å². The maximum atomic E-state index is 12.4. The Morgan fingerprint density at radius 1 is 1.00 bits per heavy atom. The third kappa shape index (κ3) is 5.88. The van der Waals surface area contributed by atoms with E-state index >= 15 is 0 Å². The van der Waals surface area contributed by atoms with Gasteiger partial charge in [-0.15, -0.1) is 0 Å². The first-order valence-corrected chi connectivity index (χ1v) is 11.5. The lowest BCUT2D eigenvalue weighted by Gasteiger charge is -2.10. The van der Waals surface area contributed by atoms with Crippen LogP contribution < -0.4 is 10.0 Å². The van der Waals surface area contributed by atoms with Crippen LogP contribution in [0.5, 0.6) is 0 Å². The highest BCUT2D eigenvalue weighted by Crippen LogP contribution is 2.17. The lowest BCUT2D eigenvalue weighted by molar-refractivity contribution is -0.116. The van der Waals surface area contributed by atoms with Gasteiger partial charge in [-0.1, -0.05) is 18.2 Å². The van der Waals surface area contributed by atoms with Crippen molar-refractivity contribution >= 4 is 31.5 Å². The fraction of sp³-hybridized carbons (Fsp3) is 0.278. The summed E-state index contributed by atoms with van der Waals surface area (Å²) in [5.41, 5.74) is 1.78. The van der Waals surface area contributed by atoms with Crippen molar-refractivity contribution in [3.05, 3.63) is 53.6 Å². The van der Waals surface area contributed by atoms with Crippen LogP contribution in [0.2, 0.25) is 0 Å². The second kappa shape index (κ2) is 8.20. The summed E-state index contributed by atoms with van der Waals surface area (Å²) < 4.78 is 50.3. The van der Waals surface area contributed by atoms with Crippen LogP contribution in [0.3, 0.4) is 0 Å². The van der Waals surface area contributed by atoms with Crippen LogP contribution in [0.25, 0.3) is 0 Å². The van der Waals surface area contributed by atoms with Crippen molar-refractivity contribution in [1.29, 1.82) is 0 Å². The Morgan fingerprint density at radius 2 is 1.70 bits per heavy atom. The topological polar surface area (TPSA) is 109 Å². The number of rotatable bonds is 7. The van der Waals surface area contributed by atoms with Gasteiger partial charge in [0.25, 0.3) is 0 Å². The zero-order valence-electron chi connectivity index (χ0n) is 15.3. The maximum Gasteiger partial charge on any atom is 0.240 e. The molecule has 0 aliphatic carbocycles. The molecule has 146 valence electrons. The number of anilines is 1. The molecule has 7 nitrogen and oxygen atoms in total. The molecule has 0 aromatic heterocycles. The van der Waals surface area contributed by atoms with Gasteiger partial charge in [-0.2, -0.15) is 0 Å². The molecule has 0 heterocycles. The standard InChI is InChI=1S/C18H22N2O5S2/c1-13-7-8-14(2)17(11-13)27(24,25)19-10-9-18(21)20-15-5-4-6-16(12-15)26(3,22)23/h4-8,11-12,19H,9-10H2,1-3H3,(H,20,21). The van der Waals surface area contributed by atoms with E-state index < -0.39 is 25.8 Å². The summed E-state index contributed by atoms with van der Waals surface area (Å²) in [4.78, 5) is 12.3. The minimum atomic E-state index is -3.72. The molecule has 2 N–H and O–H groups in total. The summed E-state index contributed by atoms with van der Waals surface area (Å²) in [7, 11) is -7.10. The minimum Gasteiger partial charge on any atom is -0.326 e. The molecule has 0 aliphatic heterocycles. The van der Waals surface area contributed by atoms with Gasteiger partial charge in [0, 0.05) is 24.9 Å². The van der Waals surface area contributed by atoms with Gasteiger partial charge in [0.1, 0.15) is 0 Å². The van der Waals surface area contributed by atoms with Crippen molar-refractivity contribution in [2.24, 2.45) is 0 Å². The SMILES string of the molecule is Cc1ccc(C)c(S(=O)(=O)NCCC(=O)Nc2cccc(S(C)(=O)=O)c2)c1. The van der Waals surface area contributed by atoms with Gasteiger partial charge in [0.2, 0.25) is 15.9 Å². The lowest BCUT2D eigenvalue weighted by atomic mass is 10.2. The summed E-state index contributed by atoms with van der Waals surface area (Å²) >= 11 is 0.